The molecule has 1 N–H and O–H groups in total. The first kappa shape index (κ1) is 13.0. The Morgan fingerprint density at radius 2 is 1.76 bits per heavy atom. The maximum absolute atomic E-state index is 9.56. The fourth-order valence-electron chi connectivity index (χ4n) is 1.61. The maximum Gasteiger partial charge on any atom is 0.495 e. The molecule has 0 amide bonds. The summed E-state index contributed by atoms with van der Waals surface area (Å²) in [7, 11) is -0.543. The Morgan fingerprint density at radius 1 is 1.18 bits per heavy atom. The van der Waals surface area contributed by atoms with Crippen LogP contribution in [0.3, 0.4) is 0 Å². The van der Waals surface area contributed by atoms with Gasteiger partial charge < -0.3 is 14.4 Å². The minimum absolute atomic E-state index is 0.00253. The molecule has 0 unspecified atom stereocenters. The Balaban J connectivity index is 2.21. The van der Waals surface area contributed by atoms with Gasteiger partial charge in [0.15, 0.2) is 0 Å². The summed E-state index contributed by atoms with van der Waals surface area (Å²) < 4.78 is 11.2. The number of hydrogen-bond acceptors (Lipinski definition) is 3. The molecule has 0 atom stereocenters. The molecule has 1 aliphatic heterocycles. The van der Waals surface area contributed by atoms with Crippen molar-refractivity contribution in [1.29, 1.82) is 0 Å². The standard InChI is InChI=1S/C11H13BCl2O3/c1-11(2)5-16-12(17-6-11)7-3-10(15)9(14)4-8(7)13/h3-4,15H,5-6H2,1-2H3. The van der Waals surface area contributed by atoms with E-state index in [-0.39, 0.29) is 16.2 Å². The quantitative estimate of drug-likeness (QED) is 0.800. The van der Waals surface area contributed by atoms with Crippen molar-refractivity contribution < 1.29 is 14.4 Å². The van der Waals surface area contributed by atoms with E-state index in [2.05, 4.69) is 13.8 Å². The molecule has 0 saturated carbocycles. The molecular formula is C11H13BCl2O3. The van der Waals surface area contributed by atoms with Crippen LogP contribution in [0, 0.1) is 5.41 Å². The van der Waals surface area contributed by atoms with Gasteiger partial charge in [-0.25, -0.2) is 0 Å². The largest absolute Gasteiger partial charge is 0.506 e. The van der Waals surface area contributed by atoms with E-state index in [1.807, 2.05) is 0 Å². The van der Waals surface area contributed by atoms with Crippen molar-refractivity contribution in [3.05, 3.63) is 22.2 Å². The zero-order chi connectivity index (χ0) is 12.6. The number of hydrogen-bond donors (Lipinski definition) is 1. The van der Waals surface area contributed by atoms with Crippen LogP contribution in [0.2, 0.25) is 10.0 Å². The van der Waals surface area contributed by atoms with Gasteiger partial charge in [0.05, 0.1) is 5.02 Å². The van der Waals surface area contributed by atoms with Gasteiger partial charge in [-0.3, -0.25) is 0 Å². The van der Waals surface area contributed by atoms with Gasteiger partial charge in [-0.2, -0.15) is 0 Å². The van der Waals surface area contributed by atoms with Crippen LogP contribution in [0.15, 0.2) is 12.1 Å². The van der Waals surface area contributed by atoms with Crippen molar-refractivity contribution in [3.63, 3.8) is 0 Å². The number of aromatic hydroxyl groups is 1. The predicted octanol–water partition coefficient (Wildman–Crippen LogP) is 2.47. The number of halogens is 2. The Morgan fingerprint density at radius 3 is 2.35 bits per heavy atom. The van der Waals surface area contributed by atoms with Gasteiger partial charge in [0.25, 0.3) is 0 Å². The second-order valence-corrected chi connectivity index (χ2v) is 5.76. The fraction of sp³-hybridized carbons (Fsp3) is 0.455. The molecule has 1 saturated heterocycles. The molecular weight excluding hydrogens is 262 g/mol. The first-order valence-electron chi connectivity index (χ1n) is 5.30. The SMILES string of the molecule is CC1(C)COB(c2cc(O)c(Cl)cc2Cl)OC1. The maximum atomic E-state index is 9.56. The summed E-state index contributed by atoms with van der Waals surface area (Å²) in [5.74, 6) is -0.0249. The van der Waals surface area contributed by atoms with Crippen LogP contribution in [0.4, 0.5) is 0 Å². The van der Waals surface area contributed by atoms with Gasteiger partial charge in [0.2, 0.25) is 0 Å². The van der Waals surface area contributed by atoms with Crippen molar-refractivity contribution in [3.8, 4) is 5.75 Å². The van der Waals surface area contributed by atoms with E-state index < -0.39 is 7.12 Å². The van der Waals surface area contributed by atoms with Crippen LogP contribution in [-0.4, -0.2) is 25.4 Å². The Bertz CT molecular complexity index is 427. The van der Waals surface area contributed by atoms with E-state index in [1.54, 1.807) is 0 Å². The molecule has 92 valence electrons. The first-order chi connectivity index (χ1) is 7.89. The molecule has 17 heavy (non-hydrogen) atoms. The van der Waals surface area contributed by atoms with E-state index in [1.165, 1.54) is 12.1 Å². The van der Waals surface area contributed by atoms with Gasteiger partial charge in [0, 0.05) is 29.1 Å². The summed E-state index contributed by atoms with van der Waals surface area (Å²) in [6, 6.07) is 2.97. The molecule has 2 rings (SSSR count). The summed E-state index contributed by atoms with van der Waals surface area (Å²) in [6.07, 6.45) is 0. The van der Waals surface area contributed by atoms with E-state index in [4.69, 9.17) is 32.5 Å². The summed E-state index contributed by atoms with van der Waals surface area (Å²) in [6.45, 7) is 5.28. The lowest BCUT2D eigenvalue weighted by Gasteiger charge is -2.33. The van der Waals surface area contributed by atoms with E-state index in [9.17, 15) is 5.11 Å². The van der Waals surface area contributed by atoms with Crippen LogP contribution in [0.1, 0.15) is 13.8 Å². The minimum atomic E-state index is -0.543. The van der Waals surface area contributed by atoms with Gasteiger partial charge in [0.1, 0.15) is 5.75 Å². The summed E-state index contributed by atoms with van der Waals surface area (Å²) in [5, 5.41) is 10.2. The van der Waals surface area contributed by atoms with Crippen LogP contribution >= 0.6 is 23.2 Å². The fourth-order valence-corrected chi connectivity index (χ4v) is 2.08. The molecule has 0 radical (unpaired) electrons. The molecule has 0 spiro atoms. The lowest BCUT2D eigenvalue weighted by atomic mass is 9.76. The second-order valence-electron chi connectivity index (χ2n) is 4.94. The molecule has 1 aromatic rings. The highest BCUT2D eigenvalue weighted by Crippen LogP contribution is 2.27. The van der Waals surface area contributed by atoms with Crippen LogP contribution in [0.25, 0.3) is 0 Å². The highest BCUT2D eigenvalue weighted by molar-refractivity contribution is 6.65. The molecule has 1 heterocycles. The zero-order valence-corrected chi connectivity index (χ0v) is 11.2. The van der Waals surface area contributed by atoms with E-state index in [0.29, 0.717) is 23.7 Å². The van der Waals surface area contributed by atoms with Crippen molar-refractivity contribution in [2.75, 3.05) is 13.2 Å². The normalized spacial score (nSPS) is 19.4. The summed E-state index contributed by atoms with van der Waals surface area (Å²) in [5.41, 5.74) is 0.598. The monoisotopic (exact) mass is 274 g/mol. The number of phenols is 1. The predicted molar refractivity (Wildman–Crippen MR) is 69.2 cm³/mol. The van der Waals surface area contributed by atoms with Crippen molar-refractivity contribution >= 4 is 35.8 Å². The minimum Gasteiger partial charge on any atom is -0.506 e. The lowest BCUT2D eigenvalue weighted by molar-refractivity contribution is 0.0343. The van der Waals surface area contributed by atoms with Crippen LogP contribution in [0.5, 0.6) is 5.75 Å². The van der Waals surface area contributed by atoms with Gasteiger partial charge in [-0.1, -0.05) is 37.0 Å². The third-order valence-corrected chi connectivity index (χ3v) is 3.20. The molecule has 0 aliphatic carbocycles. The second kappa shape index (κ2) is 4.69. The molecule has 3 nitrogen and oxygen atoms in total. The first-order valence-corrected chi connectivity index (χ1v) is 6.06. The molecule has 6 heteroatoms. The van der Waals surface area contributed by atoms with Gasteiger partial charge in [-0.15, -0.1) is 0 Å². The number of rotatable bonds is 1. The lowest BCUT2D eigenvalue weighted by Crippen LogP contribution is -2.47. The Labute approximate surface area is 111 Å². The number of phenolic OH excluding ortho intramolecular Hbond substituents is 1. The molecule has 1 fully saturated rings. The van der Waals surface area contributed by atoms with Crippen molar-refractivity contribution in [2.45, 2.75) is 13.8 Å². The average molecular weight is 275 g/mol. The highest BCUT2D eigenvalue weighted by atomic mass is 35.5. The third-order valence-electron chi connectivity index (χ3n) is 2.57. The smallest absolute Gasteiger partial charge is 0.495 e. The third kappa shape index (κ3) is 2.88. The molecule has 0 bridgehead atoms. The van der Waals surface area contributed by atoms with Gasteiger partial charge >= 0.3 is 7.12 Å². The van der Waals surface area contributed by atoms with Crippen LogP contribution in [-0.2, 0) is 9.31 Å². The molecule has 1 aromatic carbocycles. The van der Waals surface area contributed by atoms with Crippen LogP contribution < -0.4 is 5.46 Å². The summed E-state index contributed by atoms with van der Waals surface area (Å²) in [4.78, 5) is 0. The molecule has 0 aromatic heterocycles. The van der Waals surface area contributed by atoms with Gasteiger partial charge in [-0.05, 0) is 12.1 Å². The van der Waals surface area contributed by atoms with E-state index in [0.717, 1.165) is 0 Å². The van der Waals surface area contributed by atoms with Crippen molar-refractivity contribution in [2.24, 2.45) is 5.41 Å². The zero-order valence-electron chi connectivity index (χ0n) is 9.67. The Hall–Kier alpha value is -0.415. The summed E-state index contributed by atoms with van der Waals surface area (Å²) >= 11 is 11.8. The Kier molecular flexibility index (Phi) is 3.59. The highest BCUT2D eigenvalue weighted by Gasteiger charge is 2.35. The molecule has 1 aliphatic rings. The topological polar surface area (TPSA) is 38.7 Å². The number of benzene rings is 1. The van der Waals surface area contributed by atoms with E-state index >= 15 is 0 Å². The van der Waals surface area contributed by atoms with Crippen molar-refractivity contribution in [1.82, 2.24) is 0 Å². The average Bonchev–Trinajstić information content (AvgIpc) is 2.24.